The van der Waals surface area contributed by atoms with Crippen LogP contribution >= 0.6 is 0 Å². The third-order valence-electron chi connectivity index (χ3n) is 4.98. The molecule has 1 aliphatic heterocycles. The average Bonchev–Trinajstić information content (AvgIpc) is 3.04. The summed E-state index contributed by atoms with van der Waals surface area (Å²) in [5.41, 5.74) is 2.87. The van der Waals surface area contributed by atoms with Gasteiger partial charge in [-0.15, -0.1) is 5.10 Å². The van der Waals surface area contributed by atoms with Gasteiger partial charge in [-0.05, 0) is 30.7 Å². The molecule has 3 aromatic rings. The number of aromatic nitrogens is 4. The number of amides is 1. The molecule has 7 nitrogen and oxygen atoms in total. The summed E-state index contributed by atoms with van der Waals surface area (Å²) < 4.78 is 14.6. The van der Waals surface area contributed by atoms with Crippen molar-refractivity contribution in [3.8, 4) is 0 Å². The number of carbonyl (C=O) groups is 1. The summed E-state index contributed by atoms with van der Waals surface area (Å²) in [5.74, 6) is -0.264. The van der Waals surface area contributed by atoms with E-state index in [4.69, 9.17) is 0 Å². The summed E-state index contributed by atoms with van der Waals surface area (Å²) in [6.45, 7) is 4.97. The Kier molecular flexibility index (Phi) is 4.57. The number of rotatable bonds is 3. The standard InChI is InChI=1S/C19H21FN6O/c1-13-11-25(12-14-3-5-16(20)6-4-14)7-8-26(13)19(27)15-9-17-18(21-10-15)24(2)23-22-17/h3-6,9-10,13H,7-8,11-12H2,1-2H3/t13-/m1/s1. The Hall–Kier alpha value is -2.87. The van der Waals surface area contributed by atoms with Crippen molar-refractivity contribution in [3.63, 3.8) is 0 Å². The Morgan fingerprint density at radius 1 is 1.26 bits per heavy atom. The first-order valence-corrected chi connectivity index (χ1v) is 8.94. The van der Waals surface area contributed by atoms with Gasteiger partial charge in [0.1, 0.15) is 11.3 Å². The summed E-state index contributed by atoms with van der Waals surface area (Å²) >= 11 is 0. The molecule has 0 spiro atoms. The maximum Gasteiger partial charge on any atom is 0.255 e. The third kappa shape index (κ3) is 3.52. The minimum atomic E-state index is -0.226. The van der Waals surface area contributed by atoms with Crippen molar-refractivity contribution in [1.82, 2.24) is 29.8 Å². The van der Waals surface area contributed by atoms with E-state index in [9.17, 15) is 9.18 Å². The van der Waals surface area contributed by atoms with Crippen molar-refractivity contribution in [3.05, 3.63) is 53.5 Å². The van der Waals surface area contributed by atoms with E-state index in [1.165, 1.54) is 12.1 Å². The molecule has 0 saturated carbocycles. The predicted molar refractivity (Wildman–Crippen MR) is 98.5 cm³/mol. The quantitative estimate of drug-likeness (QED) is 0.706. The van der Waals surface area contributed by atoms with Crippen LogP contribution in [-0.2, 0) is 13.6 Å². The maximum absolute atomic E-state index is 13.1. The lowest BCUT2D eigenvalue weighted by Crippen LogP contribution is -2.53. The molecule has 3 heterocycles. The van der Waals surface area contributed by atoms with E-state index in [2.05, 4.69) is 20.2 Å². The molecule has 0 bridgehead atoms. The molecule has 1 fully saturated rings. The van der Waals surface area contributed by atoms with Crippen molar-refractivity contribution in [2.75, 3.05) is 19.6 Å². The van der Waals surface area contributed by atoms with Gasteiger partial charge in [-0.1, -0.05) is 17.3 Å². The number of pyridine rings is 1. The van der Waals surface area contributed by atoms with E-state index >= 15 is 0 Å². The Balaban J connectivity index is 1.43. The van der Waals surface area contributed by atoms with Gasteiger partial charge in [0.05, 0.1) is 5.56 Å². The summed E-state index contributed by atoms with van der Waals surface area (Å²) in [5, 5.41) is 7.96. The molecule has 1 saturated heterocycles. The minimum absolute atomic E-state index is 0.0380. The Bertz CT molecular complexity index is 970. The van der Waals surface area contributed by atoms with Crippen LogP contribution in [0.4, 0.5) is 4.39 Å². The molecule has 1 amide bonds. The number of hydrogen-bond acceptors (Lipinski definition) is 5. The molecule has 8 heteroatoms. The molecule has 0 aliphatic carbocycles. The second-order valence-electron chi connectivity index (χ2n) is 6.99. The van der Waals surface area contributed by atoms with Crippen LogP contribution in [-0.4, -0.2) is 61.4 Å². The number of fused-ring (bicyclic) bond motifs is 1. The Morgan fingerprint density at radius 2 is 2.04 bits per heavy atom. The van der Waals surface area contributed by atoms with E-state index in [0.29, 0.717) is 23.3 Å². The maximum atomic E-state index is 13.1. The summed E-state index contributed by atoms with van der Waals surface area (Å²) in [7, 11) is 1.77. The molecule has 2 aromatic heterocycles. The van der Waals surface area contributed by atoms with Crippen LogP contribution in [0.2, 0.25) is 0 Å². The smallest absolute Gasteiger partial charge is 0.255 e. The number of hydrogen-bond donors (Lipinski definition) is 0. The topological polar surface area (TPSA) is 67.2 Å². The first-order chi connectivity index (χ1) is 13.0. The second kappa shape index (κ2) is 7.03. The van der Waals surface area contributed by atoms with E-state index in [-0.39, 0.29) is 17.8 Å². The van der Waals surface area contributed by atoms with E-state index in [1.807, 2.05) is 11.8 Å². The monoisotopic (exact) mass is 368 g/mol. The summed E-state index contributed by atoms with van der Waals surface area (Å²) in [6.07, 6.45) is 1.59. The van der Waals surface area contributed by atoms with Crippen LogP contribution in [0.1, 0.15) is 22.8 Å². The van der Waals surface area contributed by atoms with Crippen molar-refractivity contribution >= 4 is 17.1 Å². The first kappa shape index (κ1) is 17.5. The van der Waals surface area contributed by atoms with Gasteiger partial charge in [-0.3, -0.25) is 9.69 Å². The molecule has 0 radical (unpaired) electrons. The second-order valence-corrected chi connectivity index (χ2v) is 6.99. The predicted octanol–water partition coefficient (Wildman–Crippen LogP) is 1.85. The zero-order valence-corrected chi connectivity index (χ0v) is 15.3. The molecule has 0 N–H and O–H groups in total. The highest BCUT2D eigenvalue weighted by Gasteiger charge is 2.28. The normalized spacial score (nSPS) is 18.2. The fraction of sp³-hybridized carbons (Fsp3) is 0.368. The third-order valence-corrected chi connectivity index (χ3v) is 4.98. The number of halogens is 1. The van der Waals surface area contributed by atoms with Gasteiger partial charge >= 0.3 is 0 Å². The van der Waals surface area contributed by atoms with Crippen LogP contribution in [0.3, 0.4) is 0 Å². The molecule has 1 aromatic carbocycles. The zero-order chi connectivity index (χ0) is 19.0. The molecular weight excluding hydrogens is 347 g/mol. The number of aryl methyl sites for hydroxylation is 1. The lowest BCUT2D eigenvalue weighted by molar-refractivity contribution is 0.0475. The number of carbonyl (C=O) groups excluding carboxylic acids is 1. The molecular formula is C19H21FN6O. The highest BCUT2D eigenvalue weighted by atomic mass is 19.1. The highest BCUT2D eigenvalue weighted by Crippen LogP contribution is 2.18. The average molecular weight is 368 g/mol. The van der Waals surface area contributed by atoms with Crippen molar-refractivity contribution < 1.29 is 9.18 Å². The van der Waals surface area contributed by atoms with Crippen LogP contribution in [0.25, 0.3) is 11.2 Å². The van der Waals surface area contributed by atoms with Crippen molar-refractivity contribution in [2.45, 2.75) is 19.5 Å². The molecule has 27 heavy (non-hydrogen) atoms. The Morgan fingerprint density at radius 3 is 2.78 bits per heavy atom. The van der Waals surface area contributed by atoms with Gasteiger partial charge in [0, 0.05) is 45.5 Å². The number of nitrogens with zero attached hydrogens (tertiary/aromatic N) is 6. The van der Waals surface area contributed by atoms with Gasteiger partial charge < -0.3 is 4.90 Å². The van der Waals surface area contributed by atoms with Gasteiger partial charge in [-0.25, -0.2) is 14.1 Å². The SMILES string of the molecule is C[C@@H]1CN(Cc2ccc(F)cc2)CCN1C(=O)c1cnc2c(c1)nnn2C. The van der Waals surface area contributed by atoms with Crippen molar-refractivity contribution in [1.29, 1.82) is 0 Å². The van der Waals surface area contributed by atoms with Crippen molar-refractivity contribution in [2.24, 2.45) is 7.05 Å². The number of piperazine rings is 1. The van der Waals surface area contributed by atoms with Crippen LogP contribution in [0.15, 0.2) is 36.5 Å². The molecule has 140 valence electrons. The fourth-order valence-electron chi connectivity index (χ4n) is 3.54. The molecule has 1 atom stereocenters. The number of benzene rings is 1. The first-order valence-electron chi connectivity index (χ1n) is 8.94. The van der Waals surface area contributed by atoms with E-state index in [0.717, 1.165) is 25.2 Å². The lowest BCUT2D eigenvalue weighted by Gasteiger charge is -2.40. The molecule has 4 rings (SSSR count). The molecule has 0 unspecified atom stereocenters. The Labute approximate surface area is 156 Å². The highest BCUT2D eigenvalue weighted by molar-refractivity contribution is 5.96. The van der Waals surface area contributed by atoms with E-state index < -0.39 is 0 Å². The van der Waals surface area contributed by atoms with Crippen LogP contribution in [0, 0.1) is 5.82 Å². The summed E-state index contributed by atoms with van der Waals surface area (Å²) in [4.78, 5) is 21.4. The lowest BCUT2D eigenvalue weighted by atomic mass is 10.1. The van der Waals surface area contributed by atoms with E-state index in [1.54, 1.807) is 36.1 Å². The van der Waals surface area contributed by atoms with Gasteiger partial charge in [0.25, 0.3) is 5.91 Å². The van der Waals surface area contributed by atoms with Gasteiger partial charge in [0.15, 0.2) is 5.65 Å². The molecule has 1 aliphatic rings. The largest absolute Gasteiger partial charge is 0.333 e. The van der Waals surface area contributed by atoms with Crippen LogP contribution < -0.4 is 0 Å². The fourth-order valence-corrected chi connectivity index (χ4v) is 3.54. The zero-order valence-electron chi connectivity index (χ0n) is 15.3. The summed E-state index contributed by atoms with van der Waals surface area (Å²) in [6, 6.07) is 8.39. The van der Waals surface area contributed by atoms with Crippen LogP contribution in [0.5, 0.6) is 0 Å². The minimum Gasteiger partial charge on any atom is -0.333 e. The van der Waals surface area contributed by atoms with Gasteiger partial charge in [-0.2, -0.15) is 0 Å². The van der Waals surface area contributed by atoms with Gasteiger partial charge in [0.2, 0.25) is 0 Å².